The normalized spacial score (nSPS) is 13.3. The summed E-state index contributed by atoms with van der Waals surface area (Å²) in [6, 6.07) is 14.7. The first-order valence-corrected chi connectivity index (χ1v) is 6.26. The van der Waals surface area contributed by atoms with Crippen LogP contribution in [0.3, 0.4) is 0 Å². The van der Waals surface area contributed by atoms with Gasteiger partial charge in [0.15, 0.2) is 0 Å². The molecule has 0 saturated heterocycles. The predicted molar refractivity (Wildman–Crippen MR) is 68.7 cm³/mol. The van der Waals surface area contributed by atoms with E-state index in [1.54, 1.807) is 0 Å². The number of hydrogen-bond donors (Lipinski definition) is 0. The van der Waals surface area contributed by atoms with E-state index >= 15 is 0 Å². The van der Waals surface area contributed by atoms with E-state index in [1.807, 2.05) is 30.3 Å². The standard InChI is InChI=1S/C14H10BrF3/c15-13(10-4-2-1-3-5-10)11-6-8-12(9-7-11)14(16,17)18/h1-9,13H/t13-/m0/s1. The minimum Gasteiger partial charge on any atom is -0.166 e. The maximum atomic E-state index is 12.4. The average molecular weight is 315 g/mol. The van der Waals surface area contributed by atoms with Gasteiger partial charge in [0, 0.05) is 0 Å². The summed E-state index contributed by atoms with van der Waals surface area (Å²) < 4.78 is 37.3. The van der Waals surface area contributed by atoms with Gasteiger partial charge in [0.25, 0.3) is 0 Å². The van der Waals surface area contributed by atoms with E-state index in [0.717, 1.165) is 23.3 Å². The van der Waals surface area contributed by atoms with Crippen LogP contribution in [0.2, 0.25) is 0 Å². The molecule has 2 aromatic rings. The summed E-state index contributed by atoms with van der Waals surface area (Å²) >= 11 is 3.49. The molecule has 0 fully saturated rings. The minimum atomic E-state index is -4.28. The van der Waals surface area contributed by atoms with Gasteiger partial charge < -0.3 is 0 Å². The fraction of sp³-hybridized carbons (Fsp3) is 0.143. The van der Waals surface area contributed by atoms with Crippen molar-refractivity contribution in [1.82, 2.24) is 0 Å². The highest BCUT2D eigenvalue weighted by Crippen LogP contribution is 2.34. The van der Waals surface area contributed by atoms with Gasteiger partial charge in [-0.15, -0.1) is 0 Å². The summed E-state index contributed by atoms with van der Waals surface area (Å²) in [4.78, 5) is -0.0963. The number of benzene rings is 2. The molecule has 0 spiro atoms. The molecule has 0 amide bonds. The second kappa shape index (κ2) is 5.14. The summed E-state index contributed by atoms with van der Waals surface area (Å²) in [5, 5.41) is 0. The third kappa shape index (κ3) is 2.93. The van der Waals surface area contributed by atoms with Gasteiger partial charge in [0.2, 0.25) is 0 Å². The van der Waals surface area contributed by atoms with Crippen LogP contribution in [0.4, 0.5) is 13.2 Å². The van der Waals surface area contributed by atoms with Gasteiger partial charge in [-0.2, -0.15) is 13.2 Å². The third-order valence-electron chi connectivity index (χ3n) is 2.62. The van der Waals surface area contributed by atoms with Gasteiger partial charge in [-0.05, 0) is 23.3 Å². The van der Waals surface area contributed by atoms with Crippen LogP contribution in [0.15, 0.2) is 54.6 Å². The van der Waals surface area contributed by atoms with Crippen molar-refractivity contribution < 1.29 is 13.2 Å². The number of hydrogen-bond acceptors (Lipinski definition) is 0. The third-order valence-corrected chi connectivity index (χ3v) is 3.68. The second-order valence-corrected chi connectivity index (χ2v) is 4.81. The molecule has 0 N–H and O–H groups in total. The molecule has 1 atom stereocenters. The molecule has 2 rings (SSSR count). The van der Waals surface area contributed by atoms with E-state index in [1.165, 1.54) is 12.1 Å². The first-order chi connectivity index (χ1) is 8.48. The molecule has 0 radical (unpaired) electrons. The minimum absolute atomic E-state index is 0.0963. The van der Waals surface area contributed by atoms with Gasteiger partial charge in [-0.1, -0.05) is 58.4 Å². The van der Waals surface area contributed by atoms with E-state index in [0.29, 0.717) is 0 Å². The maximum Gasteiger partial charge on any atom is 0.416 e. The molecule has 0 heterocycles. The molecule has 4 heteroatoms. The van der Waals surface area contributed by atoms with Crippen molar-refractivity contribution >= 4 is 15.9 Å². The molecular weight excluding hydrogens is 305 g/mol. The molecule has 18 heavy (non-hydrogen) atoms. The van der Waals surface area contributed by atoms with Crippen molar-refractivity contribution in [2.45, 2.75) is 11.0 Å². The van der Waals surface area contributed by atoms with Gasteiger partial charge in [0.1, 0.15) is 0 Å². The zero-order chi connectivity index (χ0) is 13.2. The van der Waals surface area contributed by atoms with Crippen LogP contribution in [-0.2, 0) is 6.18 Å². The molecule has 0 saturated carbocycles. The van der Waals surface area contributed by atoms with E-state index in [9.17, 15) is 13.2 Å². The summed E-state index contributed by atoms with van der Waals surface area (Å²) in [5.74, 6) is 0. The molecule has 0 aromatic heterocycles. The van der Waals surface area contributed by atoms with Crippen molar-refractivity contribution in [3.63, 3.8) is 0 Å². The Morgan fingerprint density at radius 3 is 1.78 bits per heavy atom. The first-order valence-electron chi connectivity index (χ1n) is 5.34. The van der Waals surface area contributed by atoms with Crippen LogP contribution < -0.4 is 0 Å². The van der Waals surface area contributed by atoms with Gasteiger partial charge in [-0.3, -0.25) is 0 Å². The monoisotopic (exact) mass is 314 g/mol. The van der Waals surface area contributed by atoms with Gasteiger partial charge in [0.05, 0.1) is 10.4 Å². The van der Waals surface area contributed by atoms with E-state index in [4.69, 9.17) is 0 Å². The van der Waals surface area contributed by atoms with Crippen molar-refractivity contribution in [2.75, 3.05) is 0 Å². The second-order valence-electron chi connectivity index (χ2n) is 3.89. The lowest BCUT2D eigenvalue weighted by molar-refractivity contribution is -0.137. The van der Waals surface area contributed by atoms with Gasteiger partial charge in [-0.25, -0.2) is 0 Å². The first kappa shape index (κ1) is 13.1. The predicted octanol–water partition coefficient (Wildman–Crippen LogP) is 5.19. The smallest absolute Gasteiger partial charge is 0.166 e. The fourth-order valence-electron chi connectivity index (χ4n) is 1.66. The summed E-state index contributed by atoms with van der Waals surface area (Å²) in [6.07, 6.45) is -4.28. The van der Waals surface area contributed by atoms with Crippen LogP contribution in [0.25, 0.3) is 0 Å². The van der Waals surface area contributed by atoms with Crippen LogP contribution in [0, 0.1) is 0 Å². The highest BCUT2D eigenvalue weighted by Gasteiger charge is 2.30. The molecule has 0 aliphatic carbocycles. The summed E-state index contributed by atoms with van der Waals surface area (Å²) in [5.41, 5.74) is 1.19. The topological polar surface area (TPSA) is 0 Å². The van der Waals surface area contributed by atoms with Crippen LogP contribution in [-0.4, -0.2) is 0 Å². The lowest BCUT2D eigenvalue weighted by Crippen LogP contribution is -2.04. The fourth-order valence-corrected chi connectivity index (χ4v) is 2.27. The Kier molecular flexibility index (Phi) is 3.76. The Hall–Kier alpha value is -1.29. The number of alkyl halides is 4. The molecule has 94 valence electrons. The van der Waals surface area contributed by atoms with Crippen molar-refractivity contribution in [3.8, 4) is 0 Å². The highest BCUT2D eigenvalue weighted by molar-refractivity contribution is 9.09. The Bertz CT molecular complexity index is 503. The largest absolute Gasteiger partial charge is 0.416 e. The van der Waals surface area contributed by atoms with Crippen molar-refractivity contribution in [1.29, 1.82) is 0 Å². The zero-order valence-corrected chi connectivity index (χ0v) is 10.9. The van der Waals surface area contributed by atoms with Crippen LogP contribution in [0.1, 0.15) is 21.5 Å². The van der Waals surface area contributed by atoms with E-state index in [2.05, 4.69) is 15.9 Å². The van der Waals surface area contributed by atoms with Crippen LogP contribution in [0.5, 0.6) is 0 Å². The lowest BCUT2D eigenvalue weighted by Gasteiger charge is -2.12. The summed E-state index contributed by atoms with van der Waals surface area (Å²) in [7, 11) is 0. The molecule has 0 unspecified atom stereocenters. The Labute approximate surface area is 112 Å². The molecular formula is C14H10BrF3. The molecule has 0 bridgehead atoms. The molecule has 0 aliphatic heterocycles. The number of rotatable bonds is 2. The maximum absolute atomic E-state index is 12.4. The molecule has 2 aromatic carbocycles. The quantitative estimate of drug-likeness (QED) is 0.669. The highest BCUT2D eigenvalue weighted by atomic mass is 79.9. The summed E-state index contributed by atoms with van der Waals surface area (Å²) in [6.45, 7) is 0. The van der Waals surface area contributed by atoms with Gasteiger partial charge >= 0.3 is 6.18 Å². The SMILES string of the molecule is FC(F)(F)c1ccc([C@@H](Br)c2ccccc2)cc1. The van der Waals surface area contributed by atoms with Crippen molar-refractivity contribution in [3.05, 3.63) is 71.3 Å². The van der Waals surface area contributed by atoms with E-state index < -0.39 is 11.7 Å². The Morgan fingerprint density at radius 2 is 1.28 bits per heavy atom. The van der Waals surface area contributed by atoms with Crippen LogP contribution >= 0.6 is 15.9 Å². The van der Waals surface area contributed by atoms with E-state index in [-0.39, 0.29) is 4.83 Å². The zero-order valence-electron chi connectivity index (χ0n) is 9.29. The van der Waals surface area contributed by atoms with Crippen molar-refractivity contribution in [2.24, 2.45) is 0 Å². The molecule has 0 nitrogen and oxygen atoms in total. The number of halogens is 4. The molecule has 0 aliphatic rings. The Balaban J connectivity index is 2.25. The lowest BCUT2D eigenvalue weighted by atomic mass is 10.0. The average Bonchev–Trinajstić information content (AvgIpc) is 2.38. The Morgan fingerprint density at radius 1 is 0.778 bits per heavy atom.